The summed E-state index contributed by atoms with van der Waals surface area (Å²) in [7, 11) is 1.64. The second-order valence-corrected chi connectivity index (χ2v) is 4.16. The van der Waals surface area contributed by atoms with Crippen molar-refractivity contribution in [1.82, 2.24) is 10.6 Å². The Morgan fingerprint density at radius 1 is 1.47 bits per heavy atom. The molecular weight excluding hydrogens is 256 g/mol. The molecule has 0 bridgehead atoms. The van der Waals surface area contributed by atoms with Gasteiger partial charge in [-0.1, -0.05) is 34.1 Å². The van der Waals surface area contributed by atoms with Crippen LogP contribution in [0.4, 0.5) is 0 Å². The third kappa shape index (κ3) is 3.64. The van der Waals surface area contributed by atoms with Crippen molar-refractivity contribution < 1.29 is 4.79 Å². The lowest BCUT2D eigenvalue weighted by Crippen LogP contribution is -2.40. The standard InChI is InChI=1S/C11H15BrN2O/c1-8(11(15)13-2)14-7-9-5-3-4-6-10(9)12/h3-6,8,14H,7H2,1-2H3,(H,13,15). The first-order valence-electron chi connectivity index (χ1n) is 4.83. The zero-order valence-corrected chi connectivity index (χ0v) is 10.5. The summed E-state index contributed by atoms with van der Waals surface area (Å²) in [5.41, 5.74) is 1.15. The predicted octanol–water partition coefficient (Wildman–Crippen LogP) is 1.67. The van der Waals surface area contributed by atoms with Crippen molar-refractivity contribution >= 4 is 21.8 Å². The predicted molar refractivity (Wildman–Crippen MR) is 64.5 cm³/mol. The topological polar surface area (TPSA) is 41.1 Å². The van der Waals surface area contributed by atoms with Crippen molar-refractivity contribution in [2.24, 2.45) is 0 Å². The Morgan fingerprint density at radius 3 is 2.73 bits per heavy atom. The largest absolute Gasteiger partial charge is 0.358 e. The van der Waals surface area contributed by atoms with Gasteiger partial charge < -0.3 is 10.6 Å². The van der Waals surface area contributed by atoms with Gasteiger partial charge in [0, 0.05) is 18.1 Å². The normalized spacial score (nSPS) is 12.2. The summed E-state index contributed by atoms with van der Waals surface area (Å²) < 4.78 is 1.06. The molecular formula is C11H15BrN2O. The molecule has 0 saturated heterocycles. The van der Waals surface area contributed by atoms with Crippen molar-refractivity contribution in [2.45, 2.75) is 19.5 Å². The van der Waals surface area contributed by atoms with Crippen molar-refractivity contribution in [3.63, 3.8) is 0 Å². The van der Waals surface area contributed by atoms with Crippen molar-refractivity contribution in [3.8, 4) is 0 Å². The van der Waals surface area contributed by atoms with Crippen LogP contribution in [0.5, 0.6) is 0 Å². The molecule has 4 heteroatoms. The van der Waals surface area contributed by atoms with E-state index in [2.05, 4.69) is 26.6 Å². The van der Waals surface area contributed by atoms with Gasteiger partial charge in [-0.2, -0.15) is 0 Å². The second-order valence-electron chi connectivity index (χ2n) is 3.31. The van der Waals surface area contributed by atoms with Crippen molar-refractivity contribution in [3.05, 3.63) is 34.3 Å². The van der Waals surface area contributed by atoms with Gasteiger partial charge in [-0.3, -0.25) is 4.79 Å². The van der Waals surface area contributed by atoms with Gasteiger partial charge in [-0.25, -0.2) is 0 Å². The number of rotatable bonds is 4. The fourth-order valence-electron chi connectivity index (χ4n) is 1.21. The fraction of sp³-hybridized carbons (Fsp3) is 0.364. The average Bonchev–Trinajstić information content (AvgIpc) is 2.26. The Balaban J connectivity index is 2.50. The molecule has 2 N–H and O–H groups in total. The number of hydrogen-bond donors (Lipinski definition) is 2. The van der Waals surface area contributed by atoms with E-state index in [1.165, 1.54) is 0 Å². The number of likely N-dealkylation sites (N-methyl/N-ethyl adjacent to an activating group) is 1. The summed E-state index contributed by atoms with van der Waals surface area (Å²) in [4.78, 5) is 11.2. The lowest BCUT2D eigenvalue weighted by molar-refractivity contribution is -0.122. The van der Waals surface area contributed by atoms with Gasteiger partial charge in [0.2, 0.25) is 5.91 Å². The van der Waals surface area contributed by atoms with Crippen LogP contribution < -0.4 is 10.6 Å². The van der Waals surface area contributed by atoms with Crippen LogP contribution >= 0.6 is 15.9 Å². The first kappa shape index (κ1) is 12.2. The molecule has 1 unspecified atom stereocenters. The number of halogens is 1. The summed E-state index contributed by atoms with van der Waals surface area (Å²) in [6.45, 7) is 2.52. The molecule has 82 valence electrons. The van der Waals surface area contributed by atoms with Crippen LogP contribution in [0.2, 0.25) is 0 Å². The van der Waals surface area contributed by atoms with E-state index in [-0.39, 0.29) is 11.9 Å². The molecule has 0 radical (unpaired) electrons. The summed E-state index contributed by atoms with van der Waals surface area (Å²) in [5.74, 6) is 0.00190. The quantitative estimate of drug-likeness (QED) is 0.874. The Labute approximate surface area is 98.4 Å². The first-order valence-corrected chi connectivity index (χ1v) is 5.63. The molecule has 0 fully saturated rings. The lowest BCUT2D eigenvalue weighted by atomic mass is 10.2. The Kier molecular flexibility index (Phi) is 4.78. The third-order valence-electron chi connectivity index (χ3n) is 2.20. The number of carbonyl (C=O) groups is 1. The number of carbonyl (C=O) groups excluding carboxylic acids is 1. The van der Waals surface area contributed by atoms with E-state index in [1.807, 2.05) is 31.2 Å². The van der Waals surface area contributed by atoms with Gasteiger partial charge in [-0.05, 0) is 18.6 Å². The molecule has 1 atom stereocenters. The van der Waals surface area contributed by atoms with Crippen LogP contribution in [-0.4, -0.2) is 19.0 Å². The molecule has 0 aliphatic carbocycles. The maximum atomic E-state index is 11.2. The van der Waals surface area contributed by atoms with E-state index < -0.39 is 0 Å². The van der Waals surface area contributed by atoms with E-state index >= 15 is 0 Å². The zero-order chi connectivity index (χ0) is 11.3. The number of hydrogen-bond acceptors (Lipinski definition) is 2. The van der Waals surface area contributed by atoms with Crippen LogP contribution in [0.15, 0.2) is 28.7 Å². The van der Waals surface area contributed by atoms with Crippen LogP contribution in [0.25, 0.3) is 0 Å². The first-order chi connectivity index (χ1) is 7.15. The minimum Gasteiger partial charge on any atom is -0.358 e. The van der Waals surface area contributed by atoms with Gasteiger partial charge >= 0.3 is 0 Å². The van der Waals surface area contributed by atoms with Crippen LogP contribution in [0, 0.1) is 0 Å². The highest BCUT2D eigenvalue weighted by Crippen LogP contribution is 2.15. The highest BCUT2D eigenvalue weighted by molar-refractivity contribution is 9.10. The number of amides is 1. The van der Waals surface area contributed by atoms with E-state index in [1.54, 1.807) is 7.05 Å². The highest BCUT2D eigenvalue weighted by Gasteiger charge is 2.09. The van der Waals surface area contributed by atoms with Gasteiger partial charge in [0.25, 0.3) is 0 Å². The second kappa shape index (κ2) is 5.88. The molecule has 1 aromatic carbocycles. The minimum absolute atomic E-state index is 0.00190. The van der Waals surface area contributed by atoms with Gasteiger partial charge in [0.05, 0.1) is 6.04 Å². The van der Waals surface area contributed by atoms with E-state index in [0.29, 0.717) is 6.54 Å². The molecule has 0 aliphatic rings. The number of nitrogens with one attached hydrogen (secondary N) is 2. The summed E-state index contributed by atoms with van der Waals surface area (Å²) >= 11 is 3.46. The molecule has 0 spiro atoms. The third-order valence-corrected chi connectivity index (χ3v) is 2.97. The number of benzene rings is 1. The molecule has 0 heterocycles. The van der Waals surface area contributed by atoms with Crippen molar-refractivity contribution in [2.75, 3.05) is 7.05 Å². The monoisotopic (exact) mass is 270 g/mol. The Morgan fingerprint density at radius 2 is 2.13 bits per heavy atom. The minimum atomic E-state index is -0.179. The molecule has 15 heavy (non-hydrogen) atoms. The molecule has 0 aliphatic heterocycles. The van der Waals surface area contributed by atoms with E-state index in [4.69, 9.17) is 0 Å². The van der Waals surface area contributed by atoms with Crippen molar-refractivity contribution in [1.29, 1.82) is 0 Å². The molecule has 1 amide bonds. The van der Waals surface area contributed by atoms with Crippen LogP contribution in [-0.2, 0) is 11.3 Å². The molecule has 0 aromatic heterocycles. The van der Waals surface area contributed by atoms with Crippen LogP contribution in [0.3, 0.4) is 0 Å². The Bertz CT molecular complexity index is 341. The highest BCUT2D eigenvalue weighted by atomic mass is 79.9. The molecule has 1 aromatic rings. The Hall–Kier alpha value is -0.870. The van der Waals surface area contributed by atoms with E-state index in [9.17, 15) is 4.79 Å². The molecule has 1 rings (SSSR count). The smallest absolute Gasteiger partial charge is 0.236 e. The SMILES string of the molecule is CNC(=O)C(C)NCc1ccccc1Br. The lowest BCUT2D eigenvalue weighted by Gasteiger charge is -2.12. The zero-order valence-electron chi connectivity index (χ0n) is 8.88. The summed E-state index contributed by atoms with van der Waals surface area (Å²) in [6.07, 6.45) is 0. The maximum Gasteiger partial charge on any atom is 0.236 e. The summed E-state index contributed by atoms with van der Waals surface area (Å²) in [5, 5.41) is 5.75. The van der Waals surface area contributed by atoms with Gasteiger partial charge in [0.1, 0.15) is 0 Å². The van der Waals surface area contributed by atoms with Crippen LogP contribution in [0.1, 0.15) is 12.5 Å². The van der Waals surface area contributed by atoms with Gasteiger partial charge in [0.15, 0.2) is 0 Å². The van der Waals surface area contributed by atoms with E-state index in [0.717, 1.165) is 10.0 Å². The maximum absolute atomic E-state index is 11.2. The molecule has 3 nitrogen and oxygen atoms in total. The summed E-state index contributed by atoms with van der Waals surface area (Å²) in [6, 6.07) is 7.78. The van der Waals surface area contributed by atoms with Gasteiger partial charge in [-0.15, -0.1) is 0 Å². The molecule has 0 saturated carbocycles. The average molecular weight is 271 g/mol. The fourth-order valence-corrected chi connectivity index (χ4v) is 1.64.